The lowest BCUT2D eigenvalue weighted by atomic mass is 10.0. The van der Waals surface area contributed by atoms with Crippen LogP contribution in [0.3, 0.4) is 0 Å². The van der Waals surface area contributed by atoms with Gasteiger partial charge in [-0.3, -0.25) is 9.59 Å². The van der Waals surface area contributed by atoms with Crippen molar-refractivity contribution in [3.63, 3.8) is 0 Å². The molecule has 0 bridgehead atoms. The van der Waals surface area contributed by atoms with Crippen molar-refractivity contribution in [1.29, 1.82) is 0 Å². The van der Waals surface area contributed by atoms with E-state index in [0.29, 0.717) is 17.4 Å². The zero-order chi connectivity index (χ0) is 57.6. The van der Waals surface area contributed by atoms with Crippen LogP contribution < -0.4 is 0 Å². The highest BCUT2D eigenvalue weighted by molar-refractivity contribution is 5.71. The summed E-state index contributed by atoms with van der Waals surface area (Å²) >= 11 is 0. The number of quaternary nitrogens is 1. The van der Waals surface area contributed by atoms with E-state index in [1.807, 2.05) is 21.1 Å². The Morgan fingerprint density at radius 3 is 1.09 bits per heavy atom. The highest BCUT2D eigenvalue weighted by Crippen LogP contribution is 2.17. The number of carbonyl (C=O) groups is 3. The van der Waals surface area contributed by atoms with Crippen LogP contribution in [0.4, 0.5) is 0 Å². The van der Waals surface area contributed by atoms with Gasteiger partial charge in [0.25, 0.3) is 6.29 Å². The fourth-order valence-electron chi connectivity index (χ4n) is 9.39. The lowest BCUT2D eigenvalue weighted by Gasteiger charge is -2.25. The van der Waals surface area contributed by atoms with Crippen molar-refractivity contribution in [3.8, 4) is 0 Å². The first-order valence-electron chi connectivity index (χ1n) is 33.1. The number of aliphatic carboxylic acids is 1. The molecule has 0 aromatic rings. The molecule has 458 valence electrons. The summed E-state index contributed by atoms with van der Waals surface area (Å²) in [5.74, 6) is -1.99. The third kappa shape index (κ3) is 62.2. The number of hydrogen-bond donors (Lipinski definition) is 1. The average molecular weight is 1110 g/mol. The molecule has 9 heteroatoms. The van der Waals surface area contributed by atoms with Crippen LogP contribution in [0.1, 0.15) is 296 Å². The average Bonchev–Trinajstić information content (AvgIpc) is 3.42. The standard InChI is InChI=1S/C70H125NO8/c1-6-8-10-12-14-16-18-20-22-24-26-27-28-29-30-31-32-33-34-35-36-37-38-39-40-41-43-45-47-49-51-53-55-57-59-61-68(73)79-66(65-78-70(69(74)75)76-63-62-71(3,4)5)64-77-67(72)60-58-56-54-52-50-48-46-44-42-25-23-21-19-17-15-13-11-9-7-2/h8,10,14,16,20-23,26-27,29-30,66,70H,6-7,9,11-13,15,17-19,24-25,28,31-65H2,1-5H3/p+1/b10-8-,16-14-,22-20-,23-21-,27-26-,30-29-. The maximum absolute atomic E-state index is 12.9. The van der Waals surface area contributed by atoms with Gasteiger partial charge in [0.05, 0.1) is 34.4 Å². The number of ether oxygens (including phenoxy) is 4. The number of likely N-dealkylation sites (N-methyl/N-ethyl adjacent to an activating group) is 1. The van der Waals surface area contributed by atoms with E-state index in [-0.39, 0.29) is 32.2 Å². The van der Waals surface area contributed by atoms with Crippen LogP contribution in [-0.2, 0) is 33.3 Å². The second-order valence-corrected chi connectivity index (χ2v) is 23.4. The first-order valence-corrected chi connectivity index (χ1v) is 33.1. The van der Waals surface area contributed by atoms with E-state index in [1.165, 1.54) is 199 Å². The van der Waals surface area contributed by atoms with Crippen molar-refractivity contribution < 1.29 is 42.9 Å². The fourth-order valence-corrected chi connectivity index (χ4v) is 9.39. The van der Waals surface area contributed by atoms with Crippen LogP contribution in [0.5, 0.6) is 0 Å². The zero-order valence-corrected chi connectivity index (χ0v) is 52.3. The maximum atomic E-state index is 12.9. The molecule has 2 unspecified atom stereocenters. The number of esters is 2. The van der Waals surface area contributed by atoms with Crippen molar-refractivity contribution >= 4 is 17.9 Å². The van der Waals surface area contributed by atoms with Crippen molar-refractivity contribution in [1.82, 2.24) is 0 Å². The number of unbranched alkanes of at least 4 members (excludes halogenated alkanes) is 34. The summed E-state index contributed by atoms with van der Waals surface area (Å²) in [4.78, 5) is 37.5. The molecule has 0 aliphatic heterocycles. The predicted octanol–water partition coefficient (Wildman–Crippen LogP) is 20.1. The predicted molar refractivity (Wildman–Crippen MR) is 336 cm³/mol. The van der Waals surface area contributed by atoms with E-state index in [4.69, 9.17) is 18.9 Å². The van der Waals surface area contributed by atoms with Gasteiger partial charge in [0.15, 0.2) is 6.10 Å². The molecule has 0 amide bonds. The molecule has 0 saturated heterocycles. The molecule has 0 fully saturated rings. The topological polar surface area (TPSA) is 108 Å². The number of allylic oxidation sites excluding steroid dienone is 12. The summed E-state index contributed by atoms with van der Waals surface area (Å²) in [5.41, 5.74) is 0. The lowest BCUT2D eigenvalue weighted by Crippen LogP contribution is -2.40. The van der Waals surface area contributed by atoms with Crippen LogP contribution in [-0.4, -0.2) is 87.4 Å². The molecule has 0 spiro atoms. The second-order valence-electron chi connectivity index (χ2n) is 23.4. The van der Waals surface area contributed by atoms with Gasteiger partial charge in [0.2, 0.25) is 0 Å². The summed E-state index contributed by atoms with van der Waals surface area (Å²) in [5, 5.41) is 9.73. The Bertz CT molecular complexity index is 1520. The van der Waals surface area contributed by atoms with Crippen LogP contribution in [0.25, 0.3) is 0 Å². The van der Waals surface area contributed by atoms with Gasteiger partial charge in [-0.2, -0.15) is 0 Å². The first kappa shape index (κ1) is 75.7. The summed E-state index contributed by atoms with van der Waals surface area (Å²) in [7, 11) is 5.98. The monoisotopic (exact) mass is 1110 g/mol. The fraction of sp³-hybridized carbons (Fsp3) is 0.786. The number of carbonyl (C=O) groups excluding carboxylic acids is 2. The maximum Gasteiger partial charge on any atom is 0.361 e. The summed E-state index contributed by atoms with van der Waals surface area (Å²) in [6, 6.07) is 0. The van der Waals surface area contributed by atoms with Gasteiger partial charge in [-0.25, -0.2) is 4.79 Å². The van der Waals surface area contributed by atoms with Crippen LogP contribution in [0.15, 0.2) is 72.9 Å². The minimum atomic E-state index is -1.51. The Morgan fingerprint density at radius 2 is 0.722 bits per heavy atom. The van der Waals surface area contributed by atoms with Gasteiger partial charge in [-0.1, -0.05) is 273 Å². The van der Waals surface area contributed by atoms with Crippen molar-refractivity contribution in [3.05, 3.63) is 72.9 Å². The molecule has 0 aliphatic rings. The molecule has 0 aromatic heterocycles. The van der Waals surface area contributed by atoms with E-state index in [1.54, 1.807) is 0 Å². The SMILES string of the molecule is CC/C=C\C/C=C\C/C=C\C/C=C\C/C=C\CCCCCCCCCCCCCCCCCCCCCC(=O)OC(COC(=O)CCCCCCCCCCC/C=C\CCCCCCCC)COC(OCC[N+](C)(C)C)C(=O)O. The molecular formula is C70H126NO8+. The third-order valence-electron chi connectivity index (χ3n) is 14.4. The Morgan fingerprint density at radius 1 is 0.392 bits per heavy atom. The quantitative estimate of drug-likeness (QED) is 0.0211. The highest BCUT2D eigenvalue weighted by Gasteiger charge is 2.25. The van der Waals surface area contributed by atoms with Gasteiger partial charge in [0, 0.05) is 12.8 Å². The Balaban J connectivity index is 4.07. The van der Waals surface area contributed by atoms with E-state index >= 15 is 0 Å². The normalized spacial score (nSPS) is 13.2. The number of hydrogen-bond acceptors (Lipinski definition) is 7. The number of carboxylic acids is 1. The largest absolute Gasteiger partial charge is 0.477 e. The van der Waals surface area contributed by atoms with Gasteiger partial charge in [-0.15, -0.1) is 0 Å². The molecular weight excluding hydrogens is 983 g/mol. The van der Waals surface area contributed by atoms with Gasteiger partial charge in [-0.05, 0) is 83.5 Å². The molecule has 79 heavy (non-hydrogen) atoms. The molecule has 0 aromatic carbocycles. The van der Waals surface area contributed by atoms with E-state index < -0.39 is 24.3 Å². The van der Waals surface area contributed by atoms with Gasteiger partial charge < -0.3 is 28.5 Å². The third-order valence-corrected chi connectivity index (χ3v) is 14.4. The van der Waals surface area contributed by atoms with E-state index in [0.717, 1.165) is 70.6 Å². The minimum absolute atomic E-state index is 0.181. The van der Waals surface area contributed by atoms with Crippen molar-refractivity contribution in [2.24, 2.45) is 0 Å². The molecule has 0 saturated carbocycles. The van der Waals surface area contributed by atoms with Crippen molar-refractivity contribution in [2.45, 2.75) is 309 Å². The number of carboxylic acid groups (broad SMARTS) is 1. The van der Waals surface area contributed by atoms with Gasteiger partial charge >= 0.3 is 17.9 Å². The molecule has 0 radical (unpaired) electrons. The zero-order valence-electron chi connectivity index (χ0n) is 52.3. The van der Waals surface area contributed by atoms with Crippen LogP contribution >= 0.6 is 0 Å². The summed E-state index contributed by atoms with van der Waals surface area (Å²) < 4.78 is 23.0. The first-order chi connectivity index (χ1) is 38.6. The highest BCUT2D eigenvalue weighted by atomic mass is 16.7. The second kappa shape index (κ2) is 60.8. The minimum Gasteiger partial charge on any atom is -0.477 e. The summed E-state index contributed by atoms with van der Waals surface area (Å²) in [6.45, 7) is 4.79. The Kier molecular flexibility index (Phi) is 58.3. The van der Waals surface area contributed by atoms with E-state index in [9.17, 15) is 19.5 Å². The molecule has 1 N–H and O–H groups in total. The smallest absolute Gasteiger partial charge is 0.361 e. The molecule has 9 nitrogen and oxygen atoms in total. The Labute approximate surface area is 487 Å². The molecule has 2 atom stereocenters. The number of rotatable bonds is 61. The van der Waals surface area contributed by atoms with Gasteiger partial charge in [0.1, 0.15) is 13.2 Å². The lowest BCUT2D eigenvalue weighted by molar-refractivity contribution is -0.870. The molecule has 0 aliphatic carbocycles. The summed E-state index contributed by atoms with van der Waals surface area (Å²) in [6.07, 6.45) is 77.2. The number of nitrogens with zero attached hydrogens (tertiary/aromatic N) is 1. The van der Waals surface area contributed by atoms with Crippen molar-refractivity contribution in [2.75, 3.05) is 47.5 Å². The molecule has 0 heterocycles. The molecule has 0 rings (SSSR count). The van der Waals surface area contributed by atoms with E-state index in [2.05, 4.69) is 86.8 Å². The Hall–Kier alpha value is -3.27. The van der Waals surface area contributed by atoms with Crippen LogP contribution in [0.2, 0.25) is 0 Å². The van der Waals surface area contributed by atoms with Crippen LogP contribution in [0, 0.1) is 0 Å².